The summed E-state index contributed by atoms with van der Waals surface area (Å²) >= 11 is 3.50. The first-order chi connectivity index (χ1) is 12.1. The zero-order valence-electron chi connectivity index (χ0n) is 14.3. The maximum absolute atomic E-state index is 5.42. The van der Waals surface area contributed by atoms with Crippen LogP contribution in [-0.2, 0) is 19.5 Å². The second-order valence-corrected chi connectivity index (χ2v) is 6.81. The molecule has 1 heterocycles. The predicted molar refractivity (Wildman–Crippen MR) is 99.4 cm³/mol. The monoisotopic (exact) mass is 401 g/mol. The molecule has 0 amide bonds. The van der Waals surface area contributed by atoms with Crippen LogP contribution >= 0.6 is 15.9 Å². The number of methoxy groups -OCH3 is 1. The summed E-state index contributed by atoms with van der Waals surface area (Å²) in [6.45, 7) is 1.30. The number of ether oxygens (including phenoxy) is 1. The normalized spacial score (nSPS) is 11.0. The molecule has 0 saturated carbocycles. The Labute approximate surface area is 155 Å². The molecule has 0 fully saturated rings. The Balaban J connectivity index is 1.62. The molecular formula is C19H20BrN3O2. The lowest BCUT2D eigenvalue weighted by Crippen LogP contribution is -2.18. The van der Waals surface area contributed by atoms with Crippen LogP contribution < -0.4 is 4.74 Å². The molecule has 3 rings (SSSR count). The van der Waals surface area contributed by atoms with Gasteiger partial charge in [-0.2, -0.15) is 4.98 Å². The summed E-state index contributed by atoms with van der Waals surface area (Å²) in [5, 5.41) is 4.07. The number of aromatic nitrogens is 2. The molecule has 0 aliphatic heterocycles. The molecular weight excluding hydrogens is 382 g/mol. The third-order valence-corrected chi connectivity index (χ3v) is 4.30. The molecule has 0 N–H and O–H groups in total. The van der Waals surface area contributed by atoms with E-state index < -0.39 is 0 Å². The fourth-order valence-electron chi connectivity index (χ4n) is 2.65. The smallest absolute Gasteiger partial charge is 0.240 e. The molecule has 0 radical (unpaired) electrons. The van der Waals surface area contributed by atoms with Crippen LogP contribution in [0.3, 0.4) is 0 Å². The van der Waals surface area contributed by atoms with E-state index in [1.807, 2.05) is 37.4 Å². The molecule has 0 aliphatic carbocycles. The van der Waals surface area contributed by atoms with Crippen molar-refractivity contribution in [2.24, 2.45) is 0 Å². The van der Waals surface area contributed by atoms with E-state index in [2.05, 4.69) is 49.2 Å². The average molecular weight is 402 g/mol. The van der Waals surface area contributed by atoms with Gasteiger partial charge >= 0.3 is 0 Å². The van der Waals surface area contributed by atoms with Gasteiger partial charge in [0.15, 0.2) is 5.82 Å². The largest absolute Gasteiger partial charge is 0.496 e. The van der Waals surface area contributed by atoms with E-state index in [1.54, 1.807) is 7.11 Å². The summed E-state index contributed by atoms with van der Waals surface area (Å²) in [4.78, 5) is 6.60. The van der Waals surface area contributed by atoms with Gasteiger partial charge in [0.2, 0.25) is 5.89 Å². The van der Waals surface area contributed by atoms with Crippen molar-refractivity contribution >= 4 is 15.9 Å². The van der Waals surface area contributed by atoms with Crippen molar-refractivity contribution in [3.8, 4) is 5.75 Å². The van der Waals surface area contributed by atoms with E-state index in [1.165, 1.54) is 5.56 Å². The van der Waals surface area contributed by atoms with Gasteiger partial charge in [0.1, 0.15) is 5.75 Å². The zero-order chi connectivity index (χ0) is 17.6. The number of hydrogen-bond donors (Lipinski definition) is 0. The van der Waals surface area contributed by atoms with Gasteiger partial charge in [-0.3, -0.25) is 4.90 Å². The summed E-state index contributed by atoms with van der Waals surface area (Å²) in [6.07, 6.45) is 0.674. The molecule has 0 saturated heterocycles. The molecule has 0 bridgehead atoms. The molecule has 0 aliphatic rings. The minimum Gasteiger partial charge on any atom is -0.496 e. The molecule has 6 heteroatoms. The van der Waals surface area contributed by atoms with Crippen LogP contribution in [0.25, 0.3) is 0 Å². The van der Waals surface area contributed by atoms with Gasteiger partial charge in [-0.15, -0.1) is 0 Å². The van der Waals surface area contributed by atoms with Crippen molar-refractivity contribution in [3.05, 3.63) is 75.8 Å². The molecule has 1 aromatic heterocycles. The van der Waals surface area contributed by atoms with Gasteiger partial charge in [0.05, 0.1) is 13.7 Å². The fourth-order valence-corrected chi connectivity index (χ4v) is 3.06. The molecule has 0 spiro atoms. The van der Waals surface area contributed by atoms with Crippen LogP contribution in [0.15, 0.2) is 57.5 Å². The number of hydrogen-bond acceptors (Lipinski definition) is 5. The lowest BCUT2D eigenvalue weighted by molar-refractivity contribution is 0.257. The highest BCUT2D eigenvalue weighted by atomic mass is 79.9. The summed E-state index contributed by atoms with van der Waals surface area (Å²) in [6, 6.07) is 16.1. The number of halogens is 1. The Morgan fingerprint density at radius 3 is 2.68 bits per heavy atom. The minimum atomic E-state index is 0.581. The van der Waals surface area contributed by atoms with Gasteiger partial charge in [0.25, 0.3) is 0 Å². The number of nitrogens with zero attached hydrogens (tertiary/aromatic N) is 3. The Bertz CT molecular complexity index is 821. The van der Waals surface area contributed by atoms with E-state index in [-0.39, 0.29) is 0 Å². The Morgan fingerprint density at radius 2 is 1.92 bits per heavy atom. The molecule has 0 unspecified atom stereocenters. The molecule has 2 aromatic carbocycles. The quantitative estimate of drug-likeness (QED) is 0.597. The number of benzene rings is 2. The van der Waals surface area contributed by atoms with Gasteiger partial charge in [-0.05, 0) is 30.8 Å². The van der Waals surface area contributed by atoms with Crippen molar-refractivity contribution in [2.45, 2.75) is 19.5 Å². The zero-order valence-corrected chi connectivity index (χ0v) is 15.9. The first-order valence-corrected chi connectivity index (χ1v) is 8.79. The highest BCUT2D eigenvalue weighted by molar-refractivity contribution is 9.10. The van der Waals surface area contributed by atoms with Gasteiger partial charge < -0.3 is 9.26 Å². The van der Waals surface area contributed by atoms with Gasteiger partial charge in [-0.25, -0.2) is 0 Å². The second kappa shape index (κ2) is 8.27. The standard InChI is InChI=1S/C19H20BrN3O2/c1-23(12-15-11-16(20)8-9-17(15)24-2)13-19-21-18(22-25-19)10-14-6-4-3-5-7-14/h3-9,11H,10,12-13H2,1-2H3. The molecule has 130 valence electrons. The van der Waals surface area contributed by atoms with Crippen molar-refractivity contribution < 1.29 is 9.26 Å². The fraction of sp³-hybridized carbons (Fsp3) is 0.263. The lowest BCUT2D eigenvalue weighted by Gasteiger charge is -2.16. The summed E-state index contributed by atoms with van der Waals surface area (Å²) in [5.74, 6) is 2.18. The second-order valence-electron chi connectivity index (χ2n) is 5.90. The van der Waals surface area contributed by atoms with Crippen LogP contribution in [0.4, 0.5) is 0 Å². The van der Waals surface area contributed by atoms with Crippen molar-refractivity contribution in [1.29, 1.82) is 0 Å². The average Bonchev–Trinajstić information content (AvgIpc) is 3.02. The Hall–Kier alpha value is -2.18. The maximum atomic E-state index is 5.42. The molecule has 0 atom stereocenters. The van der Waals surface area contributed by atoms with Crippen LogP contribution in [0, 0.1) is 0 Å². The van der Waals surface area contributed by atoms with Crippen molar-refractivity contribution in [1.82, 2.24) is 15.0 Å². The van der Waals surface area contributed by atoms with Crippen LogP contribution in [0.1, 0.15) is 22.8 Å². The van der Waals surface area contributed by atoms with E-state index in [9.17, 15) is 0 Å². The molecule has 25 heavy (non-hydrogen) atoms. The number of rotatable bonds is 7. The topological polar surface area (TPSA) is 51.4 Å². The summed E-state index contributed by atoms with van der Waals surface area (Å²) in [7, 11) is 3.70. The molecule has 3 aromatic rings. The highest BCUT2D eigenvalue weighted by Gasteiger charge is 2.12. The molecule has 5 nitrogen and oxygen atoms in total. The Kier molecular flexibility index (Phi) is 5.83. The van der Waals surface area contributed by atoms with Crippen molar-refractivity contribution in [3.63, 3.8) is 0 Å². The van der Waals surface area contributed by atoms with E-state index in [0.717, 1.165) is 22.3 Å². The third-order valence-electron chi connectivity index (χ3n) is 3.80. The SMILES string of the molecule is COc1ccc(Br)cc1CN(C)Cc1nc(Cc2ccccc2)no1. The van der Waals surface area contributed by atoms with Crippen molar-refractivity contribution in [2.75, 3.05) is 14.2 Å². The van der Waals surface area contributed by atoms with Crippen LogP contribution in [-0.4, -0.2) is 29.2 Å². The van der Waals surface area contributed by atoms with E-state index in [0.29, 0.717) is 24.7 Å². The highest BCUT2D eigenvalue weighted by Crippen LogP contribution is 2.24. The van der Waals surface area contributed by atoms with Gasteiger partial charge in [0, 0.05) is 23.0 Å². The van der Waals surface area contributed by atoms with Crippen LogP contribution in [0.5, 0.6) is 5.75 Å². The predicted octanol–water partition coefficient (Wildman–Crippen LogP) is 4.06. The van der Waals surface area contributed by atoms with E-state index in [4.69, 9.17) is 9.26 Å². The summed E-state index contributed by atoms with van der Waals surface area (Å²) in [5.41, 5.74) is 2.27. The first-order valence-electron chi connectivity index (χ1n) is 8.00. The lowest BCUT2D eigenvalue weighted by atomic mass is 10.1. The van der Waals surface area contributed by atoms with E-state index >= 15 is 0 Å². The van der Waals surface area contributed by atoms with Gasteiger partial charge in [-0.1, -0.05) is 51.4 Å². The first kappa shape index (κ1) is 17.6. The Morgan fingerprint density at radius 1 is 1.12 bits per heavy atom. The third kappa shape index (κ3) is 4.90. The summed E-state index contributed by atoms with van der Waals surface area (Å²) < 4.78 is 11.8. The maximum Gasteiger partial charge on any atom is 0.240 e. The van der Waals surface area contributed by atoms with Crippen LogP contribution in [0.2, 0.25) is 0 Å². The minimum absolute atomic E-state index is 0.581.